The molecule has 0 aliphatic carbocycles. The van der Waals surface area contributed by atoms with E-state index in [0.29, 0.717) is 16.5 Å². The number of aryl methyl sites for hydroxylation is 1. The van der Waals surface area contributed by atoms with Gasteiger partial charge in [-0.2, -0.15) is 0 Å². The Balaban J connectivity index is 2.17. The number of benzene rings is 1. The third kappa shape index (κ3) is 3.46. The smallest absolute Gasteiger partial charge is 0.146 e. The lowest BCUT2D eigenvalue weighted by Crippen LogP contribution is -2.10. The molecule has 0 saturated carbocycles. The molecule has 1 atom stereocenters. The SMILES string of the molecule is CC[C@@H](N)c1ccc(Oc2cc(C)ccc2Cl)cn1. The number of nitrogens with zero attached hydrogens (tertiary/aromatic N) is 1. The van der Waals surface area contributed by atoms with E-state index in [2.05, 4.69) is 4.98 Å². The van der Waals surface area contributed by atoms with Crippen LogP contribution in [0.1, 0.15) is 30.6 Å². The molecule has 0 radical (unpaired) electrons. The van der Waals surface area contributed by atoms with Crippen molar-refractivity contribution in [1.29, 1.82) is 0 Å². The van der Waals surface area contributed by atoms with E-state index in [1.165, 1.54) is 0 Å². The second-order valence-electron chi connectivity index (χ2n) is 4.47. The van der Waals surface area contributed by atoms with E-state index in [0.717, 1.165) is 17.7 Å². The van der Waals surface area contributed by atoms with Crippen LogP contribution in [0.15, 0.2) is 36.5 Å². The van der Waals surface area contributed by atoms with Crippen LogP contribution >= 0.6 is 11.6 Å². The molecule has 0 saturated heterocycles. The van der Waals surface area contributed by atoms with Crippen LogP contribution in [0.5, 0.6) is 11.5 Å². The highest BCUT2D eigenvalue weighted by molar-refractivity contribution is 6.32. The highest BCUT2D eigenvalue weighted by Crippen LogP contribution is 2.30. The summed E-state index contributed by atoms with van der Waals surface area (Å²) in [5, 5.41) is 0.583. The maximum atomic E-state index is 6.08. The number of aromatic nitrogens is 1. The first-order chi connectivity index (χ1) is 9.10. The number of pyridine rings is 1. The van der Waals surface area contributed by atoms with Crippen molar-refractivity contribution in [1.82, 2.24) is 4.98 Å². The molecular formula is C15H17ClN2O. The van der Waals surface area contributed by atoms with E-state index in [4.69, 9.17) is 22.1 Å². The van der Waals surface area contributed by atoms with Crippen LogP contribution in [-0.2, 0) is 0 Å². The predicted molar refractivity (Wildman–Crippen MR) is 77.7 cm³/mol. The molecule has 4 heteroatoms. The number of ether oxygens (including phenoxy) is 1. The van der Waals surface area contributed by atoms with Crippen LogP contribution in [0.2, 0.25) is 5.02 Å². The minimum absolute atomic E-state index is 0.0309. The maximum Gasteiger partial charge on any atom is 0.146 e. The molecule has 0 unspecified atom stereocenters. The molecule has 2 aromatic rings. The summed E-state index contributed by atoms with van der Waals surface area (Å²) in [6.07, 6.45) is 2.53. The zero-order valence-electron chi connectivity index (χ0n) is 11.1. The van der Waals surface area contributed by atoms with E-state index >= 15 is 0 Å². The van der Waals surface area contributed by atoms with Crippen molar-refractivity contribution in [2.75, 3.05) is 0 Å². The van der Waals surface area contributed by atoms with Crippen molar-refractivity contribution < 1.29 is 4.74 Å². The van der Waals surface area contributed by atoms with E-state index in [9.17, 15) is 0 Å². The van der Waals surface area contributed by atoms with Gasteiger partial charge in [0.25, 0.3) is 0 Å². The van der Waals surface area contributed by atoms with Crippen molar-refractivity contribution in [2.24, 2.45) is 5.73 Å². The van der Waals surface area contributed by atoms with Crippen LogP contribution in [0.25, 0.3) is 0 Å². The van der Waals surface area contributed by atoms with Crippen molar-refractivity contribution in [3.63, 3.8) is 0 Å². The Kier molecular flexibility index (Phi) is 4.40. The van der Waals surface area contributed by atoms with Crippen LogP contribution in [0, 0.1) is 6.92 Å². The van der Waals surface area contributed by atoms with Crippen LogP contribution in [-0.4, -0.2) is 4.98 Å². The highest BCUT2D eigenvalue weighted by atomic mass is 35.5. The molecule has 2 rings (SSSR count). The zero-order chi connectivity index (χ0) is 13.8. The monoisotopic (exact) mass is 276 g/mol. The molecule has 0 aliphatic heterocycles. The lowest BCUT2D eigenvalue weighted by Gasteiger charge is -2.11. The first-order valence-electron chi connectivity index (χ1n) is 6.25. The predicted octanol–water partition coefficient (Wildman–Crippen LogP) is 4.25. The molecule has 1 aromatic heterocycles. The normalized spacial score (nSPS) is 12.2. The average Bonchev–Trinajstić information content (AvgIpc) is 2.43. The Morgan fingerprint density at radius 1 is 1.32 bits per heavy atom. The Morgan fingerprint density at radius 3 is 2.74 bits per heavy atom. The molecule has 19 heavy (non-hydrogen) atoms. The Morgan fingerprint density at radius 2 is 2.11 bits per heavy atom. The minimum Gasteiger partial charge on any atom is -0.454 e. The molecule has 2 N–H and O–H groups in total. The van der Waals surface area contributed by atoms with Gasteiger partial charge in [0.2, 0.25) is 0 Å². The summed E-state index contributed by atoms with van der Waals surface area (Å²) in [5.41, 5.74) is 7.88. The molecule has 3 nitrogen and oxygen atoms in total. The molecule has 0 spiro atoms. The molecule has 100 valence electrons. The Labute approximate surface area is 118 Å². The Hall–Kier alpha value is -1.58. The van der Waals surface area contributed by atoms with Crippen LogP contribution < -0.4 is 10.5 Å². The van der Waals surface area contributed by atoms with Crippen molar-refractivity contribution in [2.45, 2.75) is 26.3 Å². The van der Waals surface area contributed by atoms with Crippen molar-refractivity contribution in [3.8, 4) is 11.5 Å². The summed E-state index contributed by atoms with van der Waals surface area (Å²) < 4.78 is 5.72. The summed E-state index contributed by atoms with van der Waals surface area (Å²) in [6.45, 7) is 4.02. The molecule has 1 aromatic carbocycles. The Bertz CT molecular complexity index is 555. The molecule has 1 heterocycles. The van der Waals surface area contributed by atoms with Crippen molar-refractivity contribution in [3.05, 3.63) is 52.8 Å². The molecule has 0 fully saturated rings. The first-order valence-corrected chi connectivity index (χ1v) is 6.63. The number of hydrogen-bond donors (Lipinski definition) is 1. The number of rotatable bonds is 4. The fourth-order valence-corrected chi connectivity index (χ4v) is 1.85. The summed E-state index contributed by atoms with van der Waals surface area (Å²) in [7, 11) is 0. The topological polar surface area (TPSA) is 48.1 Å². The van der Waals surface area contributed by atoms with E-state index < -0.39 is 0 Å². The van der Waals surface area contributed by atoms with E-state index in [1.54, 1.807) is 6.20 Å². The molecule has 0 aliphatic rings. The summed E-state index contributed by atoms with van der Waals surface area (Å²) >= 11 is 6.08. The second-order valence-corrected chi connectivity index (χ2v) is 4.88. The van der Waals surface area contributed by atoms with Gasteiger partial charge in [-0.25, -0.2) is 0 Å². The van der Waals surface area contributed by atoms with Gasteiger partial charge in [-0.15, -0.1) is 0 Å². The number of nitrogens with two attached hydrogens (primary N) is 1. The number of hydrogen-bond acceptors (Lipinski definition) is 3. The van der Waals surface area contributed by atoms with Gasteiger partial charge in [0.1, 0.15) is 11.5 Å². The quantitative estimate of drug-likeness (QED) is 0.908. The maximum absolute atomic E-state index is 6.08. The van der Waals surface area contributed by atoms with E-state index in [1.807, 2.05) is 44.2 Å². The zero-order valence-corrected chi connectivity index (χ0v) is 11.8. The first kappa shape index (κ1) is 13.8. The average molecular weight is 277 g/mol. The van der Waals surface area contributed by atoms with Gasteiger partial charge >= 0.3 is 0 Å². The molecule has 0 bridgehead atoms. The van der Waals surface area contributed by atoms with Crippen LogP contribution in [0.3, 0.4) is 0 Å². The third-order valence-electron chi connectivity index (χ3n) is 2.89. The fraction of sp³-hybridized carbons (Fsp3) is 0.267. The van der Waals surface area contributed by atoms with Gasteiger partial charge in [0.05, 0.1) is 16.9 Å². The second kappa shape index (κ2) is 6.04. The lowest BCUT2D eigenvalue weighted by molar-refractivity contribution is 0.479. The molecule has 0 amide bonds. The standard InChI is InChI=1S/C15H17ClN2O/c1-3-13(17)14-7-5-11(9-18-14)19-15-8-10(2)4-6-12(15)16/h4-9,13H,3,17H2,1-2H3/t13-/m1/s1. The fourth-order valence-electron chi connectivity index (χ4n) is 1.70. The van der Waals surface area contributed by atoms with E-state index in [-0.39, 0.29) is 6.04 Å². The third-order valence-corrected chi connectivity index (χ3v) is 3.21. The lowest BCUT2D eigenvalue weighted by atomic mass is 10.1. The summed E-state index contributed by atoms with van der Waals surface area (Å²) in [6, 6.07) is 9.37. The minimum atomic E-state index is -0.0309. The van der Waals surface area contributed by atoms with Gasteiger partial charge < -0.3 is 10.5 Å². The summed E-state index contributed by atoms with van der Waals surface area (Å²) in [5.74, 6) is 1.29. The van der Waals surface area contributed by atoms with Gasteiger partial charge in [-0.1, -0.05) is 24.6 Å². The van der Waals surface area contributed by atoms with Gasteiger partial charge in [-0.05, 0) is 43.2 Å². The largest absolute Gasteiger partial charge is 0.454 e. The van der Waals surface area contributed by atoms with Crippen molar-refractivity contribution >= 4 is 11.6 Å². The molecular weight excluding hydrogens is 260 g/mol. The summed E-state index contributed by atoms with van der Waals surface area (Å²) in [4.78, 5) is 4.30. The highest BCUT2D eigenvalue weighted by Gasteiger charge is 2.07. The van der Waals surface area contributed by atoms with Gasteiger partial charge in [0, 0.05) is 6.04 Å². The van der Waals surface area contributed by atoms with Gasteiger partial charge in [0.15, 0.2) is 0 Å². The number of halogens is 1. The van der Waals surface area contributed by atoms with Gasteiger partial charge in [-0.3, -0.25) is 4.98 Å². The van der Waals surface area contributed by atoms with Crippen LogP contribution in [0.4, 0.5) is 0 Å².